The average molecular weight is 1700 g/mol. The Morgan fingerprint density at radius 1 is 0.277 bits per heavy atom. The largest absolute Gasteiger partial charge is 0.500 e. The molecule has 112 heavy (non-hydrogen) atoms. The Bertz CT molecular complexity index is 1880. The van der Waals surface area contributed by atoms with Crippen LogP contribution in [-0.4, -0.2) is 431 Å². The lowest BCUT2D eigenvalue weighted by Gasteiger charge is -2.31. The zero-order valence-corrected chi connectivity index (χ0v) is 76.9. The van der Waals surface area contributed by atoms with Crippen molar-refractivity contribution in [2.24, 2.45) is 23.3 Å². The first-order valence-electron chi connectivity index (χ1n) is 41.4. The molecule has 676 valence electrons. The van der Waals surface area contributed by atoms with Gasteiger partial charge in [-0.15, -0.1) is 0 Å². The highest BCUT2D eigenvalue weighted by molar-refractivity contribution is 6.61. The van der Waals surface area contributed by atoms with E-state index >= 15 is 0 Å². The number of ether oxygens (including phenoxy) is 6. The SMILES string of the molecule is CCCCC(CC)COCC(O)CN(CCNCCN)CCNCCN(CC(O)COCCC[Si](OC)(OC)OC)CC(O)COCCC[Si](OC)(OC)OC.CCCCC(CC)COCC(O)CN(CCNCCNCCN)CCN(CC(O)COCCC[Si](OC)(OC)OC)CC(O)COCCC[Si](OC)(OC)OC. The minimum Gasteiger partial charge on any atom is -0.389 e. The van der Waals surface area contributed by atoms with Crippen molar-refractivity contribution in [1.29, 1.82) is 0 Å². The molecule has 0 aromatic heterocycles. The van der Waals surface area contributed by atoms with E-state index < -0.39 is 71.8 Å². The molecule has 0 aliphatic carbocycles. The van der Waals surface area contributed by atoms with Crippen molar-refractivity contribution in [2.45, 2.75) is 166 Å². The molecular weight excluding hydrogens is 1530 g/mol. The molecule has 0 aliphatic rings. The van der Waals surface area contributed by atoms with E-state index in [1.165, 1.54) is 19.3 Å². The Kier molecular flexibility index (Phi) is 77.7. The maximum atomic E-state index is 11.0. The fraction of sp³-hybridized carbons (Fsp3) is 1.00. The lowest BCUT2D eigenvalue weighted by Crippen LogP contribution is -2.47. The van der Waals surface area contributed by atoms with E-state index in [2.05, 4.69) is 58.8 Å². The molecule has 14 N–H and O–H groups in total. The summed E-state index contributed by atoms with van der Waals surface area (Å²) in [5, 5.41) is 79.3. The van der Waals surface area contributed by atoms with Crippen LogP contribution < -0.4 is 32.7 Å². The summed E-state index contributed by atoms with van der Waals surface area (Å²) in [6.45, 7) is 26.3. The smallest absolute Gasteiger partial charge is 0.389 e. The van der Waals surface area contributed by atoms with Gasteiger partial charge in [0.05, 0.1) is 76.3 Å². The monoisotopic (exact) mass is 1700 g/mol. The number of nitrogens with two attached hydrogens (primary N) is 2. The molecule has 0 fully saturated rings. The van der Waals surface area contributed by atoms with Crippen molar-refractivity contribution >= 4 is 35.2 Å². The second-order valence-electron chi connectivity index (χ2n) is 28.4. The maximum absolute atomic E-state index is 11.0. The summed E-state index contributed by atoms with van der Waals surface area (Å²) in [7, 11) is 8.26. The molecule has 0 amide bonds. The summed E-state index contributed by atoms with van der Waals surface area (Å²) in [6.07, 6.45) is 7.51. The fourth-order valence-corrected chi connectivity index (χ4v) is 19.3. The molecule has 34 nitrogen and oxygen atoms in total. The van der Waals surface area contributed by atoms with Crippen LogP contribution in [0, 0.1) is 11.8 Å². The first kappa shape index (κ1) is 114. The lowest BCUT2D eigenvalue weighted by molar-refractivity contribution is -0.0166. The molecule has 0 aromatic rings. The minimum atomic E-state index is -2.69. The summed E-state index contributed by atoms with van der Waals surface area (Å²) >= 11 is 0. The van der Waals surface area contributed by atoms with Gasteiger partial charge in [0.15, 0.2) is 0 Å². The van der Waals surface area contributed by atoms with Crippen LogP contribution in [0.3, 0.4) is 0 Å². The quantitative estimate of drug-likeness (QED) is 0.0301. The van der Waals surface area contributed by atoms with Crippen LogP contribution in [0.4, 0.5) is 0 Å². The summed E-state index contributed by atoms with van der Waals surface area (Å²) in [6, 6.07) is 2.41. The normalized spacial score (nSPS) is 14.9. The molecule has 0 rings (SSSR count). The number of rotatable bonds is 86. The maximum Gasteiger partial charge on any atom is 0.500 e. The third-order valence-corrected chi connectivity index (χ3v) is 30.9. The molecule has 8 atom stereocenters. The van der Waals surface area contributed by atoms with Gasteiger partial charge in [0.1, 0.15) is 0 Å². The van der Waals surface area contributed by atoms with Gasteiger partial charge >= 0.3 is 35.2 Å². The Hall–Kier alpha value is -0.492. The van der Waals surface area contributed by atoms with Crippen LogP contribution >= 0.6 is 0 Å². The Morgan fingerprint density at radius 3 is 0.768 bits per heavy atom. The Labute approximate surface area is 682 Å². The number of nitrogens with one attached hydrogen (secondary N) is 4. The van der Waals surface area contributed by atoms with Crippen LogP contribution in [0.25, 0.3) is 0 Å². The van der Waals surface area contributed by atoms with E-state index in [1.54, 1.807) is 85.3 Å². The number of unbranched alkanes of at least 4 members (excludes halogenated alkanes) is 2. The van der Waals surface area contributed by atoms with Gasteiger partial charge < -0.3 is 145 Å². The zero-order valence-electron chi connectivity index (χ0n) is 72.9. The van der Waals surface area contributed by atoms with Crippen molar-refractivity contribution < 1.29 is 112 Å². The van der Waals surface area contributed by atoms with Gasteiger partial charge in [0.2, 0.25) is 0 Å². The van der Waals surface area contributed by atoms with E-state index in [0.29, 0.717) is 186 Å². The predicted octanol–water partition coefficient (Wildman–Crippen LogP) is 1.23. The standard InChI is InChI=1S/2C37H85N5O12Si2/c1-9-11-14-34(10-2)30-54-33-35(43)27-41(20-17-39-16-15-38)21-18-40-19-22-42(28-36(44)31-52-23-12-25-55(46-3,47-4)48-5)29-37(45)32-53-24-13-26-56(49-6,50-7)51-8;1-9-11-14-34(10-2)30-54-33-35(43)27-41(20-19-40-18-17-39-16-15-38)21-22-42(28-36(44)31-52-23-12-25-55(46-3,47-4)48-5)29-37(45)32-53-24-13-26-56(49-6,50-7)51-8/h2*34-37,39-40,43-45H,9-33,38H2,1-8H3. The second kappa shape index (κ2) is 76.6. The average Bonchev–Trinajstić information content (AvgIpc) is 0.911. The zero-order chi connectivity index (χ0) is 83.8. The summed E-state index contributed by atoms with van der Waals surface area (Å²) in [4.78, 5) is 8.48. The van der Waals surface area contributed by atoms with Crippen molar-refractivity contribution in [1.82, 2.24) is 40.9 Å². The van der Waals surface area contributed by atoms with Gasteiger partial charge in [-0.2, -0.15) is 0 Å². The van der Waals surface area contributed by atoms with Crippen LogP contribution in [0.2, 0.25) is 24.2 Å². The predicted molar refractivity (Wildman–Crippen MR) is 448 cm³/mol. The minimum absolute atomic E-state index is 0.133. The van der Waals surface area contributed by atoms with Crippen LogP contribution in [0.1, 0.15) is 105 Å². The molecule has 0 bridgehead atoms. The molecule has 8 unspecified atom stereocenters. The van der Waals surface area contributed by atoms with E-state index in [0.717, 1.165) is 84.5 Å². The van der Waals surface area contributed by atoms with Crippen LogP contribution in [0.15, 0.2) is 0 Å². The number of nitrogens with zero attached hydrogens (tertiary/aromatic N) is 4. The molecule has 0 spiro atoms. The van der Waals surface area contributed by atoms with Gasteiger partial charge in [-0.3, -0.25) is 19.6 Å². The molecule has 0 aliphatic heterocycles. The highest BCUT2D eigenvalue weighted by Gasteiger charge is 2.40. The van der Waals surface area contributed by atoms with Crippen molar-refractivity contribution in [3.05, 3.63) is 0 Å². The summed E-state index contributed by atoms with van der Waals surface area (Å²) < 4.78 is 101. The highest BCUT2D eigenvalue weighted by Crippen LogP contribution is 2.20. The van der Waals surface area contributed by atoms with E-state index in [4.69, 9.17) is 93.0 Å². The first-order valence-corrected chi connectivity index (χ1v) is 49.1. The van der Waals surface area contributed by atoms with Gasteiger partial charge in [0.25, 0.3) is 0 Å². The highest BCUT2D eigenvalue weighted by atomic mass is 28.4. The molecule has 0 radical (unpaired) electrons. The third kappa shape index (κ3) is 59.3. The molecule has 0 aromatic carbocycles. The number of hydrogen-bond donors (Lipinski definition) is 12. The van der Waals surface area contributed by atoms with Gasteiger partial charge in [0, 0.05) is 293 Å². The summed E-state index contributed by atoms with van der Waals surface area (Å²) in [5.41, 5.74) is 11.2. The number of hydrogen-bond acceptors (Lipinski definition) is 34. The fourth-order valence-electron chi connectivity index (χ4n) is 12.5. The Balaban J connectivity index is 0. The second-order valence-corrected chi connectivity index (χ2v) is 40.8. The van der Waals surface area contributed by atoms with E-state index in [9.17, 15) is 30.6 Å². The van der Waals surface area contributed by atoms with E-state index in [1.807, 2.05) is 9.80 Å². The van der Waals surface area contributed by atoms with Crippen LogP contribution in [-0.2, 0) is 81.5 Å². The van der Waals surface area contributed by atoms with Crippen LogP contribution in [0.5, 0.6) is 0 Å². The molecular formula is C74H170N10O24Si4. The first-order chi connectivity index (χ1) is 54.1. The number of aliphatic hydroxyl groups excluding tert-OH is 6. The topological polar surface area (TPSA) is 401 Å². The summed E-state index contributed by atoms with van der Waals surface area (Å²) in [5.74, 6) is 1.04. The lowest BCUT2D eigenvalue weighted by atomic mass is 10.0. The Morgan fingerprint density at radius 2 is 0.500 bits per heavy atom. The molecule has 0 saturated heterocycles. The molecule has 0 saturated carbocycles. The molecule has 0 heterocycles. The van der Waals surface area contributed by atoms with Gasteiger partial charge in [-0.05, 0) is 50.4 Å². The number of aliphatic hydroxyl groups is 6. The van der Waals surface area contributed by atoms with E-state index in [-0.39, 0.29) is 46.1 Å². The van der Waals surface area contributed by atoms with Crippen molar-refractivity contribution in [3.8, 4) is 0 Å². The third-order valence-electron chi connectivity index (χ3n) is 19.6. The van der Waals surface area contributed by atoms with Gasteiger partial charge in [-0.25, -0.2) is 0 Å². The molecule has 38 heteroatoms. The van der Waals surface area contributed by atoms with Gasteiger partial charge in [-0.1, -0.05) is 66.2 Å². The van der Waals surface area contributed by atoms with Crippen molar-refractivity contribution in [3.63, 3.8) is 0 Å². The van der Waals surface area contributed by atoms with Crippen molar-refractivity contribution in [2.75, 3.05) is 309 Å².